The average Bonchev–Trinajstić information content (AvgIpc) is 3.46. The molecule has 0 amide bonds. The van der Waals surface area contributed by atoms with E-state index in [9.17, 15) is 10.1 Å². The van der Waals surface area contributed by atoms with Crippen LogP contribution in [0.4, 0.5) is 17.2 Å². The number of nitro benzene ring substituents is 1. The third-order valence-electron chi connectivity index (χ3n) is 5.32. The number of nitro groups is 1. The number of H-pyrrole nitrogens is 1. The molecule has 0 atom stereocenters. The van der Waals surface area contributed by atoms with Gasteiger partial charge in [-0.1, -0.05) is 47.7 Å². The molecule has 0 spiro atoms. The maximum atomic E-state index is 11.2. The van der Waals surface area contributed by atoms with E-state index in [2.05, 4.69) is 16.4 Å². The minimum Gasteiger partial charge on any atom is -0.360 e. The zero-order valence-electron chi connectivity index (χ0n) is 16.1. The second kappa shape index (κ2) is 6.68. The predicted octanol–water partition coefficient (Wildman–Crippen LogP) is 6.35. The van der Waals surface area contributed by atoms with Crippen molar-refractivity contribution >= 4 is 54.6 Å². The zero-order valence-corrected chi connectivity index (χ0v) is 16.9. The van der Waals surface area contributed by atoms with Crippen molar-refractivity contribution in [1.29, 1.82) is 0 Å². The van der Waals surface area contributed by atoms with Gasteiger partial charge in [0.1, 0.15) is 11.5 Å². The van der Waals surface area contributed by atoms with Crippen molar-refractivity contribution in [3.63, 3.8) is 0 Å². The number of fused-ring (bicyclic) bond motifs is 4. The lowest BCUT2D eigenvalue weighted by Gasteiger charge is -2.08. The Bertz CT molecular complexity index is 1600. The number of para-hydroxylation sites is 2. The van der Waals surface area contributed by atoms with Crippen LogP contribution in [-0.4, -0.2) is 19.3 Å². The number of benzene rings is 3. The highest BCUT2D eigenvalue weighted by Gasteiger charge is 2.22. The molecule has 0 aliphatic heterocycles. The van der Waals surface area contributed by atoms with Gasteiger partial charge in [0.05, 0.1) is 15.1 Å². The van der Waals surface area contributed by atoms with Crippen LogP contribution in [-0.2, 0) is 0 Å². The summed E-state index contributed by atoms with van der Waals surface area (Å²) in [5, 5.41) is 15.8. The Labute approximate surface area is 179 Å². The van der Waals surface area contributed by atoms with E-state index in [-0.39, 0.29) is 10.6 Å². The van der Waals surface area contributed by atoms with Gasteiger partial charge >= 0.3 is 0 Å². The van der Waals surface area contributed by atoms with Gasteiger partial charge < -0.3 is 10.3 Å². The van der Waals surface area contributed by atoms with Gasteiger partial charge in [0, 0.05) is 40.5 Å². The maximum Gasteiger partial charge on any atom is 0.270 e. The molecule has 7 nitrogen and oxygen atoms in total. The van der Waals surface area contributed by atoms with Crippen LogP contribution in [0.25, 0.3) is 37.3 Å². The fourth-order valence-corrected chi connectivity index (χ4v) is 4.96. The molecule has 3 heterocycles. The molecule has 0 saturated heterocycles. The minimum absolute atomic E-state index is 0.0754. The number of hydrogen-bond donors (Lipinski definition) is 2. The highest BCUT2D eigenvalue weighted by atomic mass is 32.1. The second-order valence-corrected chi connectivity index (χ2v) is 8.19. The van der Waals surface area contributed by atoms with Crippen LogP contribution < -0.4 is 5.32 Å². The van der Waals surface area contributed by atoms with Crippen LogP contribution in [0.2, 0.25) is 0 Å². The Hall–Kier alpha value is -4.17. The molecule has 0 unspecified atom stereocenters. The third-order valence-corrected chi connectivity index (χ3v) is 6.33. The van der Waals surface area contributed by atoms with E-state index in [0.717, 1.165) is 48.8 Å². The summed E-state index contributed by atoms with van der Waals surface area (Å²) >= 11 is 1.44. The molecular formula is C23H15N5O2S. The van der Waals surface area contributed by atoms with E-state index >= 15 is 0 Å². The summed E-state index contributed by atoms with van der Waals surface area (Å²) in [4.78, 5) is 19.9. The SMILES string of the molecule is O=[N+]([O-])c1ccc2c(c1)sc1nc(-c3c[nH]c4ccccc34)c(Nc3ccccc3)n12. The van der Waals surface area contributed by atoms with E-state index in [0.29, 0.717) is 0 Å². The van der Waals surface area contributed by atoms with E-state index in [1.165, 1.54) is 17.4 Å². The van der Waals surface area contributed by atoms with Crippen molar-refractivity contribution in [2.45, 2.75) is 0 Å². The Morgan fingerprint density at radius 1 is 1.03 bits per heavy atom. The first kappa shape index (κ1) is 17.7. The molecule has 31 heavy (non-hydrogen) atoms. The van der Waals surface area contributed by atoms with Crippen LogP contribution in [0.15, 0.2) is 79.0 Å². The molecule has 150 valence electrons. The van der Waals surface area contributed by atoms with Crippen molar-refractivity contribution in [1.82, 2.24) is 14.4 Å². The highest BCUT2D eigenvalue weighted by molar-refractivity contribution is 7.23. The summed E-state index contributed by atoms with van der Waals surface area (Å²) in [6.45, 7) is 0. The van der Waals surface area contributed by atoms with Crippen LogP contribution in [0.3, 0.4) is 0 Å². The molecule has 0 bridgehead atoms. The molecule has 6 aromatic rings. The van der Waals surface area contributed by atoms with E-state index in [4.69, 9.17) is 4.98 Å². The predicted molar refractivity (Wildman–Crippen MR) is 124 cm³/mol. The van der Waals surface area contributed by atoms with Gasteiger partial charge in [-0.15, -0.1) is 0 Å². The summed E-state index contributed by atoms with van der Waals surface area (Å²) in [5.41, 5.74) is 4.76. The monoisotopic (exact) mass is 425 g/mol. The molecule has 6 rings (SSSR count). The number of aromatic nitrogens is 3. The van der Waals surface area contributed by atoms with Crippen molar-refractivity contribution in [2.24, 2.45) is 0 Å². The van der Waals surface area contributed by atoms with Gasteiger partial charge in [0.25, 0.3) is 5.69 Å². The maximum absolute atomic E-state index is 11.2. The third kappa shape index (κ3) is 2.77. The second-order valence-electron chi connectivity index (χ2n) is 7.18. The standard InChI is InChI=1S/C23H15N5O2S/c29-28(30)15-10-11-19-20(12-15)31-23-26-21(17-13-24-18-9-5-4-8-16(17)18)22(27(19)23)25-14-6-2-1-3-7-14/h1-13,24-25H. The Morgan fingerprint density at radius 3 is 2.68 bits per heavy atom. The van der Waals surface area contributed by atoms with Gasteiger partial charge in [0.15, 0.2) is 4.96 Å². The zero-order chi connectivity index (χ0) is 20.9. The quantitative estimate of drug-likeness (QED) is 0.254. The highest BCUT2D eigenvalue weighted by Crippen LogP contribution is 2.40. The molecule has 0 radical (unpaired) electrons. The van der Waals surface area contributed by atoms with Crippen LogP contribution in [0.1, 0.15) is 0 Å². The minimum atomic E-state index is -0.373. The Morgan fingerprint density at radius 2 is 1.84 bits per heavy atom. The molecular weight excluding hydrogens is 410 g/mol. The molecule has 3 aromatic heterocycles. The van der Waals surface area contributed by atoms with E-state index < -0.39 is 0 Å². The van der Waals surface area contributed by atoms with Gasteiger partial charge in [-0.05, 0) is 24.3 Å². The smallest absolute Gasteiger partial charge is 0.270 e. The molecule has 0 aliphatic rings. The van der Waals surface area contributed by atoms with Crippen LogP contribution in [0.5, 0.6) is 0 Å². The number of rotatable bonds is 4. The summed E-state index contributed by atoms with van der Waals surface area (Å²) in [6.07, 6.45) is 1.97. The number of hydrogen-bond acceptors (Lipinski definition) is 5. The number of non-ortho nitro benzene ring substituents is 1. The first-order chi connectivity index (χ1) is 15.2. The van der Waals surface area contributed by atoms with E-state index in [1.54, 1.807) is 12.1 Å². The number of anilines is 2. The molecule has 8 heteroatoms. The van der Waals surface area contributed by atoms with Crippen LogP contribution in [0, 0.1) is 10.1 Å². The number of aromatic amines is 1. The fourth-order valence-electron chi connectivity index (χ4n) is 3.90. The lowest BCUT2D eigenvalue weighted by atomic mass is 10.1. The first-order valence-corrected chi connectivity index (χ1v) is 10.5. The largest absolute Gasteiger partial charge is 0.360 e. The normalized spacial score (nSPS) is 11.5. The molecule has 0 aliphatic carbocycles. The van der Waals surface area contributed by atoms with Crippen molar-refractivity contribution in [3.8, 4) is 11.3 Å². The Balaban J connectivity index is 1.64. The van der Waals surface area contributed by atoms with Crippen molar-refractivity contribution in [3.05, 3.63) is 89.1 Å². The summed E-state index contributed by atoms with van der Waals surface area (Å²) < 4.78 is 2.85. The van der Waals surface area contributed by atoms with Gasteiger partial charge in [0.2, 0.25) is 0 Å². The summed E-state index contributed by atoms with van der Waals surface area (Å²) in [6, 6.07) is 23.0. The molecule has 2 N–H and O–H groups in total. The topological polar surface area (TPSA) is 88.3 Å². The summed E-state index contributed by atoms with van der Waals surface area (Å²) in [7, 11) is 0. The van der Waals surface area contributed by atoms with Crippen molar-refractivity contribution < 1.29 is 4.92 Å². The van der Waals surface area contributed by atoms with Crippen LogP contribution >= 0.6 is 11.3 Å². The van der Waals surface area contributed by atoms with Crippen molar-refractivity contribution in [2.75, 3.05) is 5.32 Å². The molecule has 3 aromatic carbocycles. The summed E-state index contributed by atoms with van der Waals surface area (Å²) in [5.74, 6) is 0.825. The van der Waals surface area contributed by atoms with Gasteiger partial charge in [-0.2, -0.15) is 0 Å². The average molecular weight is 425 g/mol. The number of nitrogens with one attached hydrogen (secondary N) is 2. The van der Waals surface area contributed by atoms with Gasteiger partial charge in [-0.3, -0.25) is 14.5 Å². The molecule has 0 saturated carbocycles. The lowest BCUT2D eigenvalue weighted by molar-refractivity contribution is -0.384. The number of nitrogens with zero attached hydrogens (tertiary/aromatic N) is 3. The van der Waals surface area contributed by atoms with Gasteiger partial charge in [-0.25, -0.2) is 4.98 Å². The lowest BCUT2D eigenvalue weighted by Crippen LogP contribution is -1.96. The first-order valence-electron chi connectivity index (χ1n) is 9.67. The molecule has 0 fully saturated rings. The van der Waals surface area contributed by atoms with E-state index in [1.807, 2.05) is 59.1 Å². The number of thiazole rings is 1. The Kier molecular flexibility index (Phi) is 3.81. The fraction of sp³-hybridized carbons (Fsp3) is 0. The number of imidazole rings is 1.